The van der Waals surface area contributed by atoms with Crippen molar-refractivity contribution in [2.24, 2.45) is 0 Å². The Kier molecular flexibility index (Phi) is 2.88. The summed E-state index contributed by atoms with van der Waals surface area (Å²) < 4.78 is 0. The number of nitrogens with one attached hydrogen (secondary N) is 1. The maximum atomic E-state index is 6.63. The van der Waals surface area contributed by atoms with Crippen molar-refractivity contribution in [1.29, 1.82) is 0 Å². The van der Waals surface area contributed by atoms with Crippen LogP contribution in [-0.4, -0.2) is 9.97 Å². The third-order valence-electron chi connectivity index (χ3n) is 4.47. The fourth-order valence-electron chi connectivity index (χ4n) is 3.27. The molecule has 0 fully saturated rings. The number of fused-ring (bicyclic) bond motifs is 4. The number of halogens is 1. The van der Waals surface area contributed by atoms with Crippen LogP contribution in [-0.2, 0) is 0 Å². The highest BCUT2D eigenvalue weighted by atomic mass is 35.5. The van der Waals surface area contributed by atoms with Crippen LogP contribution in [0, 0.1) is 0 Å². The van der Waals surface area contributed by atoms with Crippen LogP contribution in [0.4, 0.5) is 0 Å². The van der Waals surface area contributed by atoms with Gasteiger partial charge in [-0.15, -0.1) is 0 Å². The Hall–Kier alpha value is -2.84. The summed E-state index contributed by atoms with van der Waals surface area (Å²) in [5.41, 5.74) is 6.16. The lowest BCUT2D eigenvalue weighted by Crippen LogP contribution is -1.82. The van der Waals surface area contributed by atoms with Crippen molar-refractivity contribution in [3.63, 3.8) is 0 Å². The highest BCUT2D eigenvalue weighted by Gasteiger charge is 2.13. The molecule has 3 aromatic carbocycles. The zero-order chi connectivity index (χ0) is 16.1. The van der Waals surface area contributed by atoms with Gasteiger partial charge in [0.15, 0.2) is 0 Å². The first-order valence-electron chi connectivity index (χ1n) is 7.86. The SMILES string of the molecule is Clc1c2ccccc2nc2c1[nH]c1ccc(-c3ccccc3)cc12. The fourth-order valence-corrected chi connectivity index (χ4v) is 3.57. The van der Waals surface area contributed by atoms with Gasteiger partial charge in [-0.25, -0.2) is 4.98 Å². The van der Waals surface area contributed by atoms with Crippen molar-refractivity contribution in [2.45, 2.75) is 0 Å². The summed E-state index contributed by atoms with van der Waals surface area (Å²) in [6.07, 6.45) is 0. The van der Waals surface area contributed by atoms with Gasteiger partial charge in [0.25, 0.3) is 0 Å². The topological polar surface area (TPSA) is 28.7 Å². The summed E-state index contributed by atoms with van der Waals surface area (Å²) in [5.74, 6) is 0. The van der Waals surface area contributed by atoms with Gasteiger partial charge in [0.1, 0.15) is 0 Å². The van der Waals surface area contributed by atoms with E-state index in [0.29, 0.717) is 0 Å². The van der Waals surface area contributed by atoms with Crippen molar-refractivity contribution in [2.75, 3.05) is 0 Å². The van der Waals surface area contributed by atoms with Gasteiger partial charge < -0.3 is 4.98 Å². The highest BCUT2D eigenvalue weighted by Crippen LogP contribution is 2.35. The molecule has 2 nitrogen and oxygen atoms in total. The summed E-state index contributed by atoms with van der Waals surface area (Å²) in [7, 11) is 0. The number of benzene rings is 3. The number of rotatable bonds is 1. The Morgan fingerprint density at radius 1 is 0.750 bits per heavy atom. The number of hydrogen-bond acceptors (Lipinski definition) is 1. The molecule has 0 saturated carbocycles. The van der Waals surface area contributed by atoms with Gasteiger partial charge in [-0.1, -0.05) is 66.2 Å². The van der Waals surface area contributed by atoms with E-state index in [9.17, 15) is 0 Å². The van der Waals surface area contributed by atoms with Crippen LogP contribution in [0.5, 0.6) is 0 Å². The zero-order valence-electron chi connectivity index (χ0n) is 12.8. The van der Waals surface area contributed by atoms with Crippen molar-refractivity contribution >= 4 is 44.4 Å². The third-order valence-corrected chi connectivity index (χ3v) is 4.86. The molecule has 0 aliphatic heterocycles. The average molecular weight is 329 g/mol. The molecule has 2 aromatic heterocycles. The van der Waals surface area contributed by atoms with E-state index in [1.807, 2.05) is 30.3 Å². The summed E-state index contributed by atoms with van der Waals surface area (Å²) in [5, 5.41) is 2.80. The van der Waals surface area contributed by atoms with E-state index in [-0.39, 0.29) is 0 Å². The van der Waals surface area contributed by atoms with Crippen LogP contribution in [0.25, 0.3) is 44.0 Å². The Labute approximate surface area is 143 Å². The van der Waals surface area contributed by atoms with Gasteiger partial charge in [0.2, 0.25) is 0 Å². The predicted octanol–water partition coefficient (Wildman–Crippen LogP) is 6.19. The first kappa shape index (κ1) is 13.6. The first-order chi connectivity index (χ1) is 11.8. The molecule has 114 valence electrons. The lowest BCUT2D eigenvalue weighted by atomic mass is 10.0. The Morgan fingerprint density at radius 3 is 2.42 bits per heavy atom. The molecule has 0 aliphatic carbocycles. The lowest BCUT2D eigenvalue weighted by molar-refractivity contribution is 1.49. The molecule has 0 unspecified atom stereocenters. The number of para-hydroxylation sites is 1. The molecular formula is C21H13ClN2. The average Bonchev–Trinajstić information content (AvgIpc) is 3.01. The van der Waals surface area contributed by atoms with Crippen molar-refractivity contribution in [3.05, 3.63) is 77.8 Å². The molecular weight excluding hydrogens is 316 g/mol. The Morgan fingerprint density at radius 2 is 1.54 bits per heavy atom. The minimum atomic E-state index is 0.730. The molecule has 1 N–H and O–H groups in total. The van der Waals surface area contributed by atoms with Gasteiger partial charge in [-0.05, 0) is 29.3 Å². The van der Waals surface area contributed by atoms with Gasteiger partial charge in [0.05, 0.1) is 21.6 Å². The molecule has 0 amide bonds. The predicted molar refractivity (Wildman–Crippen MR) is 102 cm³/mol. The number of aromatic nitrogens is 2. The number of hydrogen-bond donors (Lipinski definition) is 1. The summed E-state index contributed by atoms with van der Waals surface area (Å²) in [6, 6.07) is 24.8. The van der Waals surface area contributed by atoms with Crippen LogP contribution >= 0.6 is 11.6 Å². The molecule has 0 radical (unpaired) electrons. The number of nitrogens with zero attached hydrogens (tertiary/aromatic N) is 1. The van der Waals surface area contributed by atoms with E-state index in [4.69, 9.17) is 16.6 Å². The zero-order valence-corrected chi connectivity index (χ0v) is 13.5. The summed E-state index contributed by atoms with van der Waals surface area (Å²) >= 11 is 6.63. The molecule has 3 heteroatoms. The lowest BCUT2D eigenvalue weighted by Gasteiger charge is -2.02. The normalized spacial score (nSPS) is 11.5. The second-order valence-electron chi connectivity index (χ2n) is 5.92. The van der Waals surface area contributed by atoms with Crippen LogP contribution in [0.3, 0.4) is 0 Å². The molecule has 0 atom stereocenters. The van der Waals surface area contributed by atoms with Gasteiger partial charge in [-0.3, -0.25) is 0 Å². The third kappa shape index (κ3) is 1.93. The van der Waals surface area contributed by atoms with E-state index >= 15 is 0 Å². The largest absolute Gasteiger partial charge is 0.352 e. The maximum Gasteiger partial charge on any atom is 0.0980 e. The van der Waals surface area contributed by atoms with Gasteiger partial charge in [-0.2, -0.15) is 0 Å². The Bertz CT molecular complexity index is 1210. The maximum absolute atomic E-state index is 6.63. The number of pyridine rings is 1. The molecule has 0 saturated heterocycles. The van der Waals surface area contributed by atoms with Gasteiger partial charge in [0, 0.05) is 16.3 Å². The van der Waals surface area contributed by atoms with Crippen LogP contribution < -0.4 is 0 Å². The van der Waals surface area contributed by atoms with Crippen molar-refractivity contribution in [3.8, 4) is 11.1 Å². The molecule has 0 aliphatic rings. The number of aromatic amines is 1. The fraction of sp³-hybridized carbons (Fsp3) is 0. The van der Waals surface area contributed by atoms with E-state index in [2.05, 4.69) is 47.4 Å². The standard InChI is InChI=1S/C21H13ClN2/c22-19-15-8-4-5-9-17(15)23-20-16-12-14(13-6-2-1-3-7-13)10-11-18(16)24-21(19)20/h1-12,24H. The van der Waals surface area contributed by atoms with Crippen LogP contribution in [0.15, 0.2) is 72.8 Å². The minimum absolute atomic E-state index is 0.730. The van der Waals surface area contributed by atoms with Crippen molar-refractivity contribution < 1.29 is 0 Å². The van der Waals surface area contributed by atoms with Crippen LogP contribution in [0.1, 0.15) is 0 Å². The first-order valence-corrected chi connectivity index (χ1v) is 8.24. The van der Waals surface area contributed by atoms with Gasteiger partial charge >= 0.3 is 0 Å². The van der Waals surface area contributed by atoms with E-state index in [1.165, 1.54) is 11.1 Å². The van der Waals surface area contributed by atoms with E-state index < -0.39 is 0 Å². The van der Waals surface area contributed by atoms with Crippen molar-refractivity contribution in [1.82, 2.24) is 9.97 Å². The summed E-state index contributed by atoms with van der Waals surface area (Å²) in [4.78, 5) is 8.27. The number of H-pyrrole nitrogens is 1. The van der Waals surface area contributed by atoms with E-state index in [0.717, 1.165) is 37.9 Å². The van der Waals surface area contributed by atoms with E-state index in [1.54, 1.807) is 0 Å². The van der Waals surface area contributed by atoms with Crippen LogP contribution in [0.2, 0.25) is 5.02 Å². The highest BCUT2D eigenvalue weighted by molar-refractivity contribution is 6.40. The minimum Gasteiger partial charge on any atom is -0.352 e. The molecule has 5 aromatic rings. The quantitative estimate of drug-likeness (QED) is 0.390. The molecule has 0 bridgehead atoms. The summed E-state index contributed by atoms with van der Waals surface area (Å²) in [6.45, 7) is 0. The second-order valence-corrected chi connectivity index (χ2v) is 6.30. The molecule has 0 spiro atoms. The smallest absolute Gasteiger partial charge is 0.0980 e. The molecule has 5 rings (SSSR count). The monoisotopic (exact) mass is 328 g/mol. The molecule has 24 heavy (non-hydrogen) atoms. The second kappa shape index (κ2) is 5.08. The Balaban J connectivity index is 1.87. The molecule has 2 heterocycles.